The van der Waals surface area contributed by atoms with Crippen LogP contribution in [0.4, 0.5) is 0 Å². The summed E-state index contributed by atoms with van der Waals surface area (Å²) in [5, 5.41) is 0. The van der Waals surface area contributed by atoms with Gasteiger partial charge in [0.1, 0.15) is 18.0 Å². The number of ketones is 1. The van der Waals surface area contributed by atoms with Crippen LogP contribution in [-0.4, -0.2) is 43.0 Å². The summed E-state index contributed by atoms with van der Waals surface area (Å²) in [6.07, 6.45) is 6.44. The van der Waals surface area contributed by atoms with Gasteiger partial charge in [-0.1, -0.05) is 20.8 Å². The fourth-order valence-electron chi connectivity index (χ4n) is 9.14. The standard InChI is InChI=1S/C29H44O7/c1-16(7-10-26(33)34-6)21-8-9-22-27-23(15-25(32)29(21,22)5)28(4)12-11-20(35-17(2)30)13-19(28)14-24(27)36-18(3)31/h16,19-24,27H,7-15H2,1-6H3/t16-,19-,20+,21+,22-,23+,24+,27+,28-,29+/m0/s1. The van der Waals surface area contributed by atoms with Crippen LogP contribution in [0.5, 0.6) is 0 Å². The topological polar surface area (TPSA) is 96.0 Å². The van der Waals surface area contributed by atoms with Gasteiger partial charge < -0.3 is 14.2 Å². The van der Waals surface area contributed by atoms with Gasteiger partial charge in [0.25, 0.3) is 0 Å². The van der Waals surface area contributed by atoms with E-state index in [0.29, 0.717) is 25.0 Å². The van der Waals surface area contributed by atoms with E-state index < -0.39 is 5.41 Å². The van der Waals surface area contributed by atoms with E-state index in [2.05, 4.69) is 20.8 Å². The van der Waals surface area contributed by atoms with Crippen molar-refractivity contribution in [3.05, 3.63) is 0 Å². The van der Waals surface area contributed by atoms with Crippen molar-refractivity contribution in [2.45, 2.75) is 105 Å². The molecule has 0 spiro atoms. The van der Waals surface area contributed by atoms with Crippen LogP contribution in [-0.2, 0) is 33.4 Å². The zero-order valence-corrected chi connectivity index (χ0v) is 22.8. The molecule has 7 nitrogen and oxygen atoms in total. The highest BCUT2D eigenvalue weighted by Gasteiger charge is 2.66. The summed E-state index contributed by atoms with van der Waals surface area (Å²) in [4.78, 5) is 49.7. The van der Waals surface area contributed by atoms with Crippen LogP contribution in [0.25, 0.3) is 0 Å². The Labute approximate surface area is 215 Å². The third kappa shape index (κ3) is 4.60. The Balaban J connectivity index is 1.62. The first kappa shape index (κ1) is 27.1. The third-order valence-corrected chi connectivity index (χ3v) is 10.9. The van der Waals surface area contributed by atoms with Gasteiger partial charge in [-0.2, -0.15) is 0 Å². The van der Waals surface area contributed by atoms with Crippen molar-refractivity contribution in [2.75, 3.05) is 7.11 Å². The summed E-state index contributed by atoms with van der Waals surface area (Å²) in [5.74, 6) is 0.785. The molecule has 4 rings (SSSR count). The van der Waals surface area contributed by atoms with E-state index in [1.807, 2.05) is 0 Å². The van der Waals surface area contributed by atoms with E-state index in [1.165, 1.54) is 21.0 Å². The minimum absolute atomic E-state index is 0.0382. The van der Waals surface area contributed by atoms with Crippen LogP contribution in [0, 0.1) is 46.3 Å². The smallest absolute Gasteiger partial charge is 0.305 e. The number of rotatable bonds is 6. The summed E-state index contributed by atoms with van der Waals surface area (Å²) in [6, 6.07) is 0. The summed E-state index contributed by atoms with van der Waals surface area (Å²) in [5.41, 5.74) is -0.503. The molecule has 202 valence electrons. The SMILES string of the molecule is COC(=O)CC[C@H](C)[C@H]1CC[C@H]2[C@@H]3[C@@H](CC(=O)[C@]12C)[C@@]1(C)CC[C@@H](OC(C)=O)C[C@H]1C[C@H]3OC(C)=O. The predicted molar refractivity (Wildman–Crippen MR) is 133 cm³/mol. The molecule has 0 aromatic heterocycles. The number of Topliss-reactive ketones (excluding diaryl/α,β-unsaturated/α-hetero) is 1. The molecule has 4 fully saturated rings. The van der Waals surface area contributed by atoms with Gasteiger partial charge in [-0.15, -0.1) is 0 Å². The van der Waals surface area contributed by atoms with Crippen LogP contribution in [0.1, 0.15) is 92.4 Å². The molecule has 4 saturated carbocycles. The number of hydrogen-bond donors (Lipinski definition) is 0. The number of fused-ring (bicyclic) bond motifs is 5. The van der Waals surface area contributed by atoms with E-state index in [9.17, 15) is 19.2 Å². The second kappa shape index (κ2) is 10.1. The quantitative estimate of drug-likeness (QED) is 0.375. The zero-order valence-electron chi connectivity index (χ0n) is 22.8. The van der Waals surface area contributed by atoms with Crippen LogP contribution < -0.4 is 0 Å². The first-order valence-corrected chi connectivity index (χ1v) is 13.9. The average molecular weight is 505 g/mol. The lowest BCUT2D eigenvalue weighted by atomic mass is 9.43. The molecule has 0 aromatic rings. The Kier molecular flexibility index (Phi) is 7.60. The zero-order chi connectivity index (χ0) is 26.4. The fraction of sp³-hybridized carbons (Fsp3) is 0.862. The highest BCUT2D eigenvalue weighted by Crippen LogP contribution is 2.67. The largest absolute Gasteiger partial charge is 0.469 e. The molecule has 0 aromatic carbocycles. The molecule has 0 bridgehead atoms. The third-order valence-electron chi connectivity index (χ3n) is 10.9. The van der Waals surface area contributed by atoms with Crippen LogP contribution >= 0.6 is 0 Å². The minimum atomic E-state index is -0.465. The molecular weight excluding hydrogens is 460 g/mol. The number of methoxy groups -OCH3 is 1. The molecule has 0 saturated heterocycles. The van der Waals surface area contributed by atoms with Crippen LogP contribution in [0.3, 0.4) is 0 Å². The summed E-state index contributed by atoms with van der Waals surface area (Å²) >= 11 is 0. The van der Waals surface area contributed by atoms with Gasteiger partial charge in [0.05, 0.1) is 7.11 Å². The molecule has 0 aliphatic heterocycles. The van der Waals surface area contributed by atoms with Crippen molar-refractivity contribution in [1.82, 2.24) is 0 Å². The van der Waals surface area contributed by atoms with Crippen molar-refractivity contribution >= 4 is 23.7 Å². The lowest BCUT2D eigenvalue weighted by Crippen LogP contribution is -2.62. The molecule has 10 atom stereocenters. The Morgan fingerprint density at radius 2 is 1.69 bits per heavy atom. The molecule has 0 amide bonds. The maximum Gasteiger partial charge on any atom is 0.305 e. The molecular formula is C29H44O7. The van der Waals surface area contributed by atoms with Crippen molar-refractivity contribution < 1.29 is 33.4 Å². The summed E-state index contributed by atoms with van der Waals surface area (Å²) < 4.78 is 16.5. The predicted octanol–water partition coefficient (Wildman–Crippen LogP) is 4.89. The van der Waals surface area contributed by atoms with Gasteiger partial charge in [0, 0.05) is 38.0 Å². The van der Waals surface area contributed by atoms with Gasteiger partial charge in [-0.25, -0.2) is 0 Å². The molecule has 4 aliphatic carbocycles. The Bertz CT molecular complexity index is 898. The van der Waals surface area contributed by atoms with Crippen LogP contribution in [0.2, 0.25) is 0 Å². The number of esters is 3. The lowest BCUT2D eigenvalue weighted by molar-refractivity contribution is -0.196. The van der Waals surface area contributed by atoms with Gasteiger partial charge in [-0.3, -0.25) is 19.2 Å². The molecule has 0 unspecified atom stereocenters. The number of carbonyl (C=O) groups excluding carboxylic acids is 4. The molecule has 4 aliphatic rings. The number of ether oxygens (including phenoxy) is 3. The van der Waals surface area contributed by atoms with Gasteiger partial charge in [0.2, 0.25) is 0 Å². The highest BCUT2D eigenvalue weighted by molar-refractivity contribution is 5.87. The molecule has 0 heterocycles. The van der Waals surface area contributed by atoms with E-state index in [-0.39, 0.29) is 71.0 Å². The fourth-order valence-corrected chi connectivity index (χ4v) is 9.14. The number of carbonyl (C=O) groups is 4. The van der Waals surface area contributed by atoms with E-state index in [4.69, 9.17) is 14.2 Å². The van der Waals surface area contributed by atoms with E-state index >= 15 is 0 Å². The van der Waals surface area contributed by atoms with Gasteiger partial charge in [0.15, 0.2) is 0 Å². The van der Waals surface area contributed by atoms with Crippen molar-refractivity contribution in [1.29, 1.82) is 0 Å². The Hall–Kier alpha value is -1.92. The lowest BCUT2D eigenvalue weighted by Gasteiger charge is -2.62. The molecule has 36 heavy (non-hydrogen) atoms. The minimum Gasteiger partial charge on any atom is -0.469 e. The summed E-state index contributed by atoms with van der Waals surface area (Å²) in [6.45, 7) is 9.57. The maximum atomic E-state index is 14.0. The maximum absolute atomic E-state index is 14.0. The first-order valence-electron chi connectivity index (χ1n) is 13.9. The first-order chi connectivity index (χ1) is 16.9. The second-order valence-electron chi connectivity index (χ2n) is 12.6. The second-order valence-corrected chi connectivity index (χ2v) is 12.6. The number of hydrogen-bond acceptors (Lipinski definition) is 7. The highest BCUT2D eigenvalue weighted by atomic mass is 16.5. The van der Waals surface area contributed by atoms with Gasteiger partial charge >= 0.3 is 17.9 Å². The Morgan fingerprint density at radius 3 is 2.33 bits per heavy atom. The van der Waals surface area contributed by atoms with E-state index in [0.717, 1.165) is 38.5 Å². The molecule has 0 radical (unpaired) electrons. The van der Waals surface area contributed by atoms with Crippen LogP contribution in [0.15, 0.2) is 0 Å². The Morgan fingerprint density at radius 1 is 1.00 bits per heavy atom. The average Bonchev–Trinajstić information content (AvgIpc) is 3.16. The molecule has 7 heteroatoms. The normalized spacial score (nSPS) is 42.4. The monoisotopic (exact) mass is 504 g/mol. The van der Waals surface area contributed by atoms with E-state index in [1.54, 1.807) is 0 Å². The van der Waals surface area contributed by atoms with Gasteiger partial charge in [-0.05, 0) is 80.0 Å². The molecule has 0 N–H and O–H groups in total. The van der Waals surface area contributed by atoms with Crippen molar-refractivity contribution in [3.8, 4) is 0 Å². The van der Waals surface area contributed by atoms with Crippen molar-refractivity contribution in [3.63, 3.8) is 0 Å². The summed E-state index contributed by atoms with van der Waals surface area (Å²) in [7, 11) is 1.41. The van der Waals surface area contributed by atoms with Crippen molar-refractivity contribution in [2.24, 2.45) is 46.3 Å².